The van der Waals surface area contributed by atoms with Gasteiger partial charge in [0.1, 0.15) is 5.82 Å². The highest BCUT2D eigenvalue weighted by molar-refractivity contribution is 6.30. The predicted molar refractivity (Wildman–Crippen MR) is 80.4 cm³/mol. The zero-order valence-electron chi connectivity index (χ0n) is 11.7. The van der Waals surface area contributed by atoms with Gasteiger partial charge in [-0.2, -0.15) is 0 Å². The molecule has 1 aromatic rings. The first kappa shape index (κ1) is 14.6. The molecule has 1 aliphatic rings. The maximum Gasteiger partial charge on any atom is 0.151 e. The number of aromatic amines is 1. The van der Waals surface area contributed by atoms with Crippen LogP contribution >= 0.6 is 11.6 Å². The molecule has 0 spiro atoms. The Bertz CT molecular complexity index is 412. The normalized spacial score (nSPS) is 18.9. The van der Waals surface area contributed by atoms with E-state index in [1.807, 2.05) is 0 Å². The highest BCUT2D eigenvalue weighted by atomic mass is 35.5. The minimum Gasteiger partial charge on any atom is -0.344 e. The molecule has 0 fully saturated rings. The molecule has 0 saturated heterocycles. The van der Waals surface area contributed by atoms with Gasteiger partial charge in [0.25, 0.3) is 0 Å². The zero-order chi connectivity index (χ0) is 13.5. The van der Waals surface area contributed by atoms with Crippen molar-refractivity contribution < 1.29 is 0 Å². The third kappa shape index (κ3) is 4.66. The van der Waals surface area contributed by atoms with Crippen LogP contribution in [-0.2, 0) is 13.0 Å². The number of rotatable bonds is 7. The van der Waals surface area contributed by atoms with E-state index in [1.54, 1.807) is 0 Å². The van der Waals surface area contributed by atoms with Gasteiger partial charge in [-0.3, -0.25) is 0 Å². The summed E-state index contributed by atoms with van der Waals surface area (Å²) in [5.41, 5.74) is 1.03. The molecule has 106 valence electrons. The number of aryl methyl sites for hydroxylation is 1. The van der Waals surface area contributed by atoms with Gasteiger partial charge in [-0.15, -0.1) is 0 Å². The number of imidazole rings is 1. The lowest BCUT2D eigenvalue weighted by Gasteiger charge is -2.17. The number of aromatic nitrogens is 2. The molecule has 1 aromatic heterocycles. The monoisotopic (exact) mass is 281 g/mol. The molecule has 2 rings (SSSR count). The molecule has 0 bridgehead atoms. The lowest BCUT2D eigenvalue weighted by molar-refractivity contribution is 0.439. The first-order valence-electron chi connectivity index (χ1n) is 7.38. The summed E-state index contributed by atoms with van der Waals surface area (Å²) in [6.45, 7) is 4.04. The van der Waals surface area contributed by atoms with Gasteiger partial charge in [0.15, 0.2) is 5.15 Å². The lowest BCUT2D eigenvalue weighted by Crippen LogP contribution is -2.23. The molecule has 1 aliphatic carbocycles. The second-order valence-electron chi connectivity index (χ2n) is 5.34. The van der Waals surface area contributed by atoms with Crippen molar-refractivity contribution in [2.75, 3.05) is 6.54 Å². The molecule has 0 aliphatic heterocycles. The summed E-state index contributed by atoms with van der Waals surface area (Å²) in [5, 5.41) is 4.12. The minimum atomic E-state index is 0.627. The van der Waals surface area contributed by atoms with Gasteiger partial charge in [-0.1, -0.05) is 37.1 Å². The van der Waals surface area contributed by atoms with Gasteiger partial charge in [0, 0.05) is 13.0 Å². The maximum absolute atomic E-state index is 6.15. The van der Waals surface area contributed by atoms with Crippen LogP contribution < -0.4 is 5.32 Å². The zero-order valence-corrected chi connectivity index (χ0v) is 12.5. The molecular weight excluding hydrogens is 258 g/mol. The van der Waals surface area contributed by atoms with Crippen LogP contribution in [0.4, 0.5) is 0 Å². The van der Waals surface area contributed by atoms with E-state index in [9.17, 15) is 0 Å². The highest BCUT2D eigenvalue weighted by Crippen LogP contribution is 2.18. The Kier molecular flexibility index (Phi) is 5.93. The van der Waals surface area contributed by atoms with Crippen molar-refractivity contribution in [1.82, 2.24) is 15.3 Å². The number of hydrogen-bond acceptors (Lipinski definition) is 2. The van der Waals surface area contributed by atoms with Crippen molar-refractivity contribution in [1.29, 1.82) is 0 Å². The summed E-state index contributed by atoms with van der Waals surface area (Å²) in [4.78, 5) is 7.71. The number of unbranched alkanes of at least 4 members (excludes halogenated alkanes) is 1. The van der Waals surface area contributed by atoms with E-state index in [0.29, 0.717) is 5.15 Å². The van der Waals surface area contributed by atoms with Crippen molar-refractivity contribution >= 4 is 11.6 Å². The van der Waals surface area contributed by atoms with E-state index >= 15 is 0 Å². The molecule has 1 unspecified atom stereocenters. The Morgan fingerprint density at radius 2 is 2.37 bits per heavy atom. The van der Waals surface area contributed by atoms with E-state index in [4.69, 9.17) is 11.6 Å². The Hall–Kier alpha value is -0.800. The number of nitrogens with one attached hydrogen (secondary N) is 2. The van der Waals surface area contributed by atoms with Gasteiger partial charge in [0.05, 0.1) is 5.69 Å². The van der Waals surface area contributed by atoms with Gasteiger partial charge < -0.3 is 10.3 Å². The third-order valence-corrected chi connectivity index (χ3v) is 3.97. The minimum absolute atomic E-state index is 0.627. The summed E-state index contributed by atoms with van der Waals surface area (Å²) in [5.74, 6) is 1.79. The summed E-state index contributed by atoms with van der Waals surface area (Å²) in [7, 11) is 0. The van der Waals surface area contributed by atoms with Crippen LogP contribution in [0.2, 0.25) is 5.15 Å². The Morgan fingerprint density at radius 1 is 1.47 bits per heavy atom. The average molecular weight is 282 g/mol. The number of H-pyrrole nitrogens is 1. The maximum atomic E-state index is 6.15. The second-order valence-corrected chi connectivity index (χ2v) is 5.70. The van der Waals surface area contributed by atoms with Crippen LogP contribution in [0.25, 0.3) is 0 Å². The van der Waals surface area contributed by atoms with Crippen LogP contribution in [0.3, 0.4) is 0 Å². The van der Waals surface area contributed by atoms with E-state index in [0.717, 1.165) is 43.4 Å². The smallest absolute Gasteiger partial charge is 0.151 e. The van der Waals surface area contributed by atoms with Crippen molar-refractivity contribution in [2.45, 2.75) is 52.0 Å². The fourth-order valence-corrected chi connectivity index (χ4v) is 2.68. The molecule has 2 N–H and O–H groups in total. The molecule has 0 radical (unpaired) electrons. The van der Waals surface area contributed by atoms with Crippen molar-refractivity contribution in [3.63, 3.8) is 0 Å². The lowest BCUT2D eigenvalue weighted by atomic mass is 9.94. The topological polar surface area (TPSA) is 40.7 Å². The van der Waals surface area contributed by atoms with Gasteiger partial charge in [0.2, 0.25) is 0 Å². The third-order valence-electron chi connectivity index (χ3n) is 3.66. The van der Waals surface area contributed by atoms with Crippen LogP contribution in [0, 0.1) is 5.92 Å². The molecule has 0 saturated carbocycles. The molecule has 1 atom stereocenters. The van der Waals surface area contributed by atoms with E-state index in [1.165, 1.54) is 25.7 Å². The van der Waals surface area contributed by atoms with Crippen molar-refractivity contribution in [2.24, 2.45) is 5.92 Å². The molecule has 3 nitrogen and oxygen atoms in total. The van der Waals surface area contributed by atoms with Crippen LogP contribution in [0.15, 0.2) is 12.2 Å². The number of allylic oxidation sites excluding steroid dienone is 2. The number of nitrogens with zero attached hydrogens (tertiary/aromatic N) is 1. The first-order valence-corrected chi connectivity index (χ1v) is 7.76. The second kappa shape index (κ2) is 7.71. The van der Waals surface area contributed by atoms with Crippen LogP contribution in [0.5, 0.6) is 0 Å². The van der Waals surface area contributed by atoms with Gasteiger partial charge in [-0.25, -0.2) is 4.98 Å². The van der Waals surface area contributed by atoms with Gasteiger partial charge in [-0.05, 0) is 38.1 Å². The summed E-state index contributed by atoms with van der Waals surface area (Å²) in [6.07, 6.45) is 11.6. The predicted octanol–water partition coefficient (Wildman–Crippen LogP) is 3.85. The number of hydrogen-bond donors (Lipinski definition) is 2. The molecule has 1 heterocycles. The molecule has 19 heavy (non-hydrogen) atoms. The molecule has 4 heteroatoms. The highest BCUT2D eigenvalue weighted by Gasteiger charge is 2.11. The van der Waals surface area contributed by atoms with Crippen molar-refractivity contribution in [3.8, 4) is 0 Å². The first-order chi connectivity index (χ1) is 9.29. The summed E-state index contributed by atoms with van der Waals surface area (Å²) >= 11 is 6.15. The quantitative estimate of drug-likeness (QED) is 0.745. The van der Waals surface area contributed by atoms with E-state index in [2.05, 4.69) is 34.4 Å². The molecule has 0 amide bonds. The SMILES string of the molecule is CCCCc1nc(Cl)c(CNCC2CC=CCC2)[nH]1. The van der Waals surface area contributed by atoms with E-state index < -0.39 is 0 Å². The van der Waals surface area contributed by atoms with Crippen LogP contribution in [0.1, 0.15) is 50.5 Å². The number of halogens is 1. The standard InChI is InChI=1S/C15H24ClN3/c1-2-3-9-14-18-13(15(16)19-14)11-17-10-12-7-5-4-6-8-12/h4-5,12,17H,2-3,6-11H2,1H3,(H,18,19). The van der Waals surface area contributed by atoms with Crippen molar-refractivity contribution in [3.05, 3.63) is 28.8 Å². The van der Waals surface area contributed by atoms with Gasteiger partial charge >= 0.3 is 0 Å². The van der Waals surface area contributed by atoms with Crippen LogP contribution in [-0.4, -0.2) is 16.5 Å². The largest absolute Gasteiger partial charge is 0.344 e. The molecule has 0 aromatic carbocycles. The Balaban J connectivity index is 1.75. The Labute approximate surface area is 120 Å². The Morgan fingerprint density at radius 3 is 3.11 bits per heavy atom. The summed E-state index contributed by atoms with van der Waals surface area (Å²) < 4.78 is 0. The fourth-order valence-electron chi connectivity index (χ4n) is 2.46. The summed E-state index contributed by atoms with van der Waals surface area (Å²) in [6, 6.07) is 0. The molecular formula is C15H24ClN3. The average Bonchev–Trinajstić information content (AvgIpc) is 2.78. The van der Waals surface area contributed by atoms with E-state index in [-0.39, 0.29) is 0 Å². The fraction of sp³-hybridized carbons (Fsp3) is 0.667.